The van der Waals surface area contributed by atoms with Gasteiger partial charge in [-0.2, -0.15) is 0 Å². The second kappa shape index (κ2) is 6.06. The summed E-state index contributed by atoms with van der Waals surface area (Å²) in [5, 5.41) is 3.71. The molecule has 0 aromatic heterocycles. The van der Waals surface area contributed by atoms with Gasteiger partial charge in [0.05, 0.1) is 5.60 Å². The van der Waals surface area contributed by atoms with E-state index in [0.29, 0.717) is 12.0 Å². The summed E-state index contributed by atoms with van der Waals surface area (Å²) >= 11 is 0. The zero-order chi connectivity index (χ0) is 13.9. The van der Waals surface area contributed by atoms with Crippen molar-refractivity contribution in [3.63, 3.8) is 0 Å². The van der Waals surface area contributed by atoms with Crippen LogP contribution in [0.1, 0.15) is 58.7 Å². The van der Waals surface area contributed by atoms with Gasteiger partial charge in [0.15, 0.2) is 0 Å². The second-order valence-corrected chi connectivity index (χ2v) is 6.03. The van der Waals surface area contributed by atoms with Gasteiger partial charge >= 0.3 is 0 Å². The molecule has 0 radical (unpaired) electrons. The highest BCUT2D eigenvalue weighted by molar-refractivity contribution is 5.19. The molecule has 1 aliphatic heterocycles. The molecular weight excluding hydrogens is 234 g/mol. The van der Waals surface area contributed by atoms with Crippen LogP contribution in [-0.4, -0.2) is 11.6 Å². The van der Waals surface area contributed by atoms with Crippen LogP contribution in [0.3, 0.4) is 0 Å². The number of ether oxygens (including phenoxy) is 1. The van der Waals surface area contributed by atoms with E-state index in [0.717, 1.165) is 12.8 Å². The van der Waals surface area contributed by atoms with E-state index in [4.69, 9.17) is 4.74 Å². The first-order valence-corrected chi connectivity index (χ1v) is 7.60. The molecule has 1 aromatic rings. The quantitative estimate of drug-likeness (QED) is 0.854. The van der Waals surface area contributed by atoms with Crippen molar-refractivity contribution in [1.82, 2.24) is 5.32 Å². The zero-order valence-corrected chi connectivity index (χ0v) is 12.6. The first kappa shape index (κ1) is 14.5. The number of hydrogen-bond donors (Lipinski definition) is 1. The van der Waals surface area contributed by atoms with Crippen LogP contribution in [0, 0.1) is 5.92 Å². The minimum Gasteiger partial charge on any atom is -0.351 e. The van der Waals surface area contributed by atoms with Crippen molar-refractivity contribution in [3.8, 4) is 0 Å². The summed E-state index contributed by atoms with van der Waals surface area (Å²) in [6, 6.07) is 11.0. The predicted octanol–water partition coefficient (Wildman–Crippen LogP) is 4.28. The maximum atomic E-state index is 6.44. The Morgan fingerprint density at radius 2 is 1.79 bits per heavy atom. The van der Waals surface area contributed by atoms with Gasteiger partial charge in [-0.1, -0.05) is 58.0 Å². The van der Waals surface area contributed by atoms with Crippen molar-refractivity contribution in [3.05, 3.63) is 35.9 Å². The highest BCUT2D eigenvalue weighted by atomic mass is 16.5. The number of rotatable bonds is 5. The maximum absolute atomic E-state index is 6.44. The molecule has 19 heavy (non-hydrogen) atoms. The van der Waals surface area contributed by atoms with Crippen LogP contribution in [0.15, 0.2) is 30.3 Å². The van der Waals surface area contributed by atoms with Crippen LogP contribution in [0.2, 0.25) is 0 Å². The van der Waals surface area contributed by atoms with Gasteiger partial charge in [-0.25, -0.2) is 0 Å². The van der Waals surface area contributed by atoms with Crippen LogP contribution in [-0.2, 0) is 4.74 Å². The Kier molecular flexibility index (Phi) is 4.64. The van der Waals surface area contributed by atoms with Crippen molar-refractivity contribution >= 4 is 0 Å². The Morgan fingerprint density at radius 1 is 1.16 bits per heavy atom. The van der Waals surface area contributed by atoms with Crippen LogP contribution in [0.5, 0.6) is 0 Å². The molecule has 1 heterocycles. The van der Waals surface area contributed by atoms with E-state index in [1.807, 2.05) is 0 Å². The molecule has 1 unspecified atom stereocenters. The molecule has 1 N–H and O–H groups in total. The average Bonchev–Trinajstić information content (AvgIpc) is 2.78. The maximum Gasteiger partial charge on any atom is 0.135 e. The van der Waals surface area contributed by atoms with Gasteiger partial charge in [-0.3, -0.25) is 5.32 Å². The van der Waals surface area contributed by atoms with Crippen molar-refractivity contribution in [2.45, 2.75) is 64.8 Å². The number of hydrogen-bond acceptors (Lipinski definition) is 2. The van der Waals surface area contributed by atoms with E-state index < -0.39 is 0 Å². The molecule has 0 aliphatic carbocycles. The summed E-state index contributed by atoms with van der Waals surface area (Å²) in [5.41, 5.74) is 1.23. The van der Waals surface area contributed by atoms with Crippen LogP contribution in [0.25, 0.3) is 0 Å². The Morgan fingerprint density at radius 3 is 2.32 bits per heavy atom. The monoisotopic (exact) mass is 261 g/mol. The van der Waals surface area contributed by atoms with Gasteiger partial charge in [0.1, 0.15) is 6.23 Å². The third kappa shape index (κ3) is 3.01. The standard InChI is InChI=1S/C17H27NO/c1-5-17(6-2)15(12-13(3)4)18-16(19-17)14-10-8-7-9-11-14/h7-11,13,15-16,18H,5-6,12H2,1-4H3/t15-,16?/m0/s1. The Labute approximate surface area is 117 Å². The van der Waals surface area contributed by atoms with Crippen molar-refractivity contribution in [2.75, 3.05) is 0 Å². The van der Waals surface area contributed by atoms with Crippen molar-refractivity contribution in [2.24, 2.45) is 5.92 Å². The molecule has 1 aromatic carbocycles. The van der Waals surface area contributed by atoms with E-state index in [1.54, 1.807) is 0 Å². The highest BCUT2D eigenvalue weighted by Crippen LogP contribution is 2.39. The Hall–Kier alpha value is -0.860. The third-order valence-electron chi connectivity index (χ3n) is 4.35. The van der Waals surface area contributed by atoms with E-state index >= 15 is 0 Å². The minimum atomic E-state index is -0.00915. The summed E-state index contributed by atoms with van der Waals surface area (Å²) in [7, 11) is 0. The summed E-state index contributed by atoms with van der Waals surface area (Å²) in [6.45, 7) is 9.05. The van der Waals surface area contributed by atoms with Crippen LogP contribution >= 0.6 is 0 Å². The molecule has 2 atom stereocenters. The fourth-order valence-electron chi connectivity index (χ4n) is 3.14. The normalized spacial score (nSPS) is 25.9. The SMILES string of the molecule is CCC1(CC)OC(c2ccccc2)N[C@H]1CC(C)C. The molecule has 0 amide bonds. The summed E-state index contributed by atoms with van der Waals surface area (Å²) in [5.74, 6) is 0.688. The number of benzene rings is 1. The molecule has 1 fully saturated rings. The Balaban J connectivity index is 2.20. The first-order valence-electron chi connectivity index (χ1n) is 7.60. The van der Waals surface area contributed by atoms with E-state index in [1.165, 1.54) is 12.0 Å². The lowest BCUT2D eigenvalue weighted by Gasteiger charge is -2.32. The Bertz CT molecular complexity index is 384. The summed E-state index contributed by atoms with van der Waals surface area (Å²) in [4.78, 5) is 0. The fraction of sp³-hybridized carbons (Fsp3) is 0.647. The molecule has 2 nitrogen and oxygen atoms in total. The van der Waals surface area contributed by atoms with Gasteiger partial charge in [-0.15, -0.1) is 0 Å². The topological polar surface area (TPSA) is 21.3 Å². The summed E-state index contributed by atoms with van der Waals surface area (Å²) < 4.78 is 6.44. The van der Waals surface area contributed by atoms with Crippen LogP contribution < -0.4 is 5.32 Å². The lowest BCUT2D eigenvalue weighted by atomic mass is 9.84. The van der Waals surface area contributed by atoms with Gasteiger partial charge in [-0.05, 0) is 30.7 Å². The highest BCUT2D eigenvalue weighted by Gasteiger charge is 2.45. The molecule has 0 saturated carbocycles. The molecule has 0 bridgehead atoms. The van der Waals surface area contributed by atoms with Gasteiger partial charge in [0.2, 0.25) is 0 Å². The van der Waals surface area contributed by atoms with Gasteiger partial charge in [0, 0.05) is 6.04 Å². The lowest BCUT2D eigenvalue weighted by Crippen LogP contribution is -2.43. The van der Waals surface area contributed by atoms with Crippen molar-refractivity contribution in [1.29, 1.82) is 0 Å². The molecule has 2 heteroatoms. The van der Waals surface area contributed by atoms with Crippen LogP contribution in [0.4, 0.5) is 0 Å². The van der Waals surface area contributed by atoms with Crippen molar-refractivity contribution < 1.29 is 4.74 Å². The molecule has 1 saturated heterocycles. The average molecular weight is 261 g/mol. The summed E-state index contributed by atoms with van der Waals surface area (Å²) in [6.07, 6.45) is 3.35. The van der Waals surface area contributed by atoms with E-state index in [9.17, 15) is 0 Å². The molecule has 0 spiro atoms. The minimum absolute atomic E-state index is 0.00915. The molecular formula is C17H27NO. The number of nitrogens with one attached hydrogen (secondary N) is 1. The van der Waals surface area contributed by atoms with Gasteiger partial charge < -0.3 is 4.74 Å². The third-order valence-corrected chi connectivity index (χ3v) is 4.35. The molecule has 2 rings (SSSR count). The largest absolute Gasteiger partial charge is 0.351 e. The molecule has 106 valence electrons. The first-order chi connectivity index (χ1) is 9.11. The zero-order valence-electron chi connectivity index (χ0n) is 12.6. The van der Waals surface area contributed by atoms with E-state index in [2.05, 4.69) is 63.3 Å². The predicted molar refractivity (Wildman–Crippen MR) is 80.0 cm³/mol. The van der Waals surface area contributed by atoms with Gasteiger partial charge in [0.25, 0.3) is 0 Å². The fourth-order valence-corrected chi connectivity index (χ4v) is 3.14. The smallest absolute Gasteiger partial charge is 0.135 e. The lowest BCUT2D eigenvalue weighted by molar-refractivity contribution is -0.0567. The van der Waals surface area contributed by atoms with E-state index in [-0.39, 0.29) is 11.8 Å². The molecule has 1 aliphatic rings. The second-order valence-electron chi connectivity index (χ2n) is 6.03.